The van der Waals surface area contributed by atoms with Crippen LogP contribution < -0.4 is 0 Å². The smallest absolute Gasteiger partial charge is 0.329 e. The van der Waals surface area contributed by atoms with E-state index in [1.54, 1.807) is 0 Å². The second-order valence-electron chi connectivity index (χ2n) is 3.43. The van der Waals surface area contributed by atoms with Crippen LogP contribution in [0.25, 0.3) is 0 Å². The van der Waals surface area contributed by atoms with E-state index in [4.69, 9.17) is 14.4 Å². The summed E-state index contributed by atoms with van der Waals surface area (Å²) in [4.78, 5) is 14.4. The third-order valence-corrected chi connectivity index (χ3v) is 3.53. The van der Waals surface area contributed by atoms with Gasteiger partial charge in [0.2, 0.25) is 0 Å². The molecular weight excluding hydrogens is 232 g/mol. The van der Waals surface area contributed by atoms with Crippen molar-refractivity contribution in [2.45, 2.75) is 24.7 Å². The van der Waals surface area contributed by atoms with Crippen molar-refractivity contribution < 1.29 is 19.2 Å². The van der Waals surface area contributed by atoms with Gasteiger partial charge >= 0.3 is 5.97 Å². The van der Waals surface area contributed by atoms with Gasteiger partial charge in [-0.25, -0.2) is 4.79 Å². The summed E-state index contributed by atoms with van der Waals surface area (Å²) in [5.41, 5.74) is 0. The van der Waals surface area contributed by atoms with Crippen molar-refractivity contribution in [2.75, 3.05) is 12.4 Å². The molecule has 1 N–H and O–H groups in total. The zero-order valence-electron chi connectivity index (χ0n) is 8.59. The lowest BCUT2D eigenvalue weighted by Gasteiger charge is -1.99. The maximum Gasteiger partial charge on any atom is 0.329 e. The van der Waals surface area contributed by atoms with E-state index in [2.05, 4.69) is 10.1 Å². The zero-order valence-corrected chi connectivity index (χ0v) is 9.40. The van der Waals surface area contributed by atoms with E-state index >= 15 is 0 Å². The molecule has 0 amide bonds. The number of aromatic nitrogens is 2. The third-order valence-electron chi connectivity index (χ3n) is 2.15. The zero-order chi connectivity index (χ0) is 11.4. The van der Waals surface area contributed by atoms with Crippen LogP contribution in [0, 0.1) is 0 Å². The Morgan fingerprint density at radius 3 is 3.25 bits per heavy atom. The van der Waals surface area contributed by atoms with Crippen molar-refractivity contribution in [1.82, 2.24) is 10.1 Å². The van der Waals surface area contributed by atoms with Crippen molar-refractivity contribution in [3.8, 4) is 0 Å². The van der Waals surface area contributed by atoms with Crippen molar-refractivity contribution in [3.05, 3.63) is 11.7 Å². The molecule has 0 aliphatic carbocycles. The predicted octanol–water partition coefficient (Wildman–Crippen LogP) is 1.24. The number of rotatable bonds is 5. The molecule has 1 saturated heterocycles. The van der Waals surface area contributed by atoms with Gasteiger partial charge in [0.15, 0.2) is 5.82 Å². The Morgan fingerprint density at radius 2 is 2.56 bits per heavy atom. The van der Waals surface area contributed by atoms with E-state index in [1.165, 1.54) is 6.42 Å². The lowest BCUT2D eigenvalue weighted by molar-refractivity contribution is -0.142. The van der Waals surface area contributed by atoms with E-state index in [9.17, 15) is 4.79 Å². The van der Waals surface area contributed by atoms with Crippen LogP contribution in [-0.4, -0.2) is 33.6 Å². The molecule has 88 valence electrons. The normalized spacial score (nSPS) is 20.1. The monoisotopic (exact) mass is 244 g/mol. The summed E-state index contributed by atoms with van der Waals surface area (Å²) in [7, 11) is 0. The summed E-state index contributed by atoms with van der Waals surface area (Å²) < 4.78 is 9.82. The van der Waals surface area contributed by atoms with Crippen LogP contribution in [0.3, 0.4) is 0 Å². The van der Waals surface area contributed by atoms with Gasteiger partial charge < -0.3 is 14.4 Å². The van der Waals surface area contributed by atoms with Gasteiger partial charge in [-0.3, -0.25) is 0 Å². The molecule has 1 aliphatic rings. The first-order valence-electron chi connectivity index (χ1n) is 4.99. The lowest BCUT2D eigenvalue weighted by atomic mass is 10.2. The fraction of sp³-hybridized carbons (Fsp3) is 0.667. The highest BCUT2D eigenvalue weighted by molar-refractivity contribution is 7.99. The van der Waals surface area contributed by atoms with E-state index < -0.39 is 5.97 Å². The second-order valence-corrected chi connectivity index (χ2v) is 4.75. The van der Waals surface area contributed by atoms with Gasteiger partial charge in [0, 0.05) is 0 Å². The van der Waals surface area contributed by atoms with Gasteiger partial charge in [0.1, 0.15) is 13.2 Å². The number of thioether (sulfide) groups is 1. The van der Waals surface area contributed by atoms with Crippen molar-refractivity contribution in [3.63, 3.8) is 0 Å². The fourth-order valence-corrected chi connectivity index (χ4v) is 2.66. The summed E-state index contributed by atoms with van der Waals surface area (Å²) in [6.45, 7) is -0.299. The van der Waals surface area contributed by atoms with E-state index in [0.717, 1.165) is 12.2 Å². The Balaban J connectivity index is 1.84. The Kier molecular flexibility index (Phi) is 3.79. The minimum Gasteiger partial charge on any atom is -0.480 e. The SMILES string of the molecule is O=C(O)COCc1nc(C2CCCS2)no1. The molecule has 1 fully saturated rings. The Labute approximate surface area is 96.4 Å². The molecule has 0 saturated carbocycles. The molecule has 6 nitrogen and oxygen atoms in total. The Morgan fingerprint density at radius 1 is 1.69 bits per heavy atom. The van der Waals surface area contributed by atoms with E-state index in [1.807, 2.05) is 11.8 Å². The van der Waals surface area contributed by atoms with Crippen LogP contribution in [-0.2, 0) is 16.1 Å². The first-order chi connectivity index (χ1) is 7.75. The summed E-state index contributed by atoms with van der Waals surface area (Å²) in [6, 6.07) is 0. The van der Waals surface area contributed by atoms with Crippen molar-refractivity contribution in [1.29, 1.82) is 0 Å². The molecule has 0 spiro atoms. The molecular formula is C9H12N2O4S. The van der Waals surface area contributed by atoms with Gasteiger partial charge in [-0.1, -0.05) is 5.16 Å². The van der Waals surface area contributed by atoms with Crippen LogP contribution in [0.5, 0.6) is 0 Å². The van der Waals surface area contributed by atoms with Gasteiger partial charge in [0.25, 0.3) is 5.89 Å². The minimum atomic E-state index is -1.01. The van der Waals surface area contributed by atoms with Crippen molar-refractivity contribution in [2.24, 2.45) is 0 Å². The number of hydrogen-bond acceptors (Lipinski definition) is 6. The highest BCUT2D eigenvalue weighted by Gasteiger charge is 2.22. The maximum absolute atomic E-state index is 10.2. The van der Waals surface area contributed by atoms with Crippen LogP contribution in [0.2, 0.25) is 0 Å². The van der Waals surface area contributed by atoms with Crippen LogP contribution >= 0.6 is 11.8 Å². The Bertz CT molecular complexity index is 362. The highest BCUT2D eigenvalue weighted by Crippen LogP contribution is 2.38. The van der Waals surface area contributed by atoms with Gasteiger partial charge in [-0.15, -0.1) is 0 Å². The molecule has 2 rings (SSSR count). The quantitative estimate of drug-likeness (QED) is 0.833. The van der Waals surface area contributed by atoms with E-state index in [0.29, 0.717) is 17.0 Å². The summed E-state index contributed by atoms with van der Waals surface area (Å²) in [6.07, 6.45) is 2.24. The van der Waals surface area contributed by atoms with Crippen molar-refractivity contribution >= 4 is 17.7 Å². The largest absolute Gasteiger partial charge is 0.480 e. The first-order valence-corrected chi connectivity index (χ1v) is 6.04. The number of aliphatic carboxylic acids is 1. The molecule has 1 aromatic heterocycles. The van der Waals surface area contributed by atoms with E-state index in [-0.39, 0.29) is 13.2 Å². The average Bonchev–Trinajstić information content (AvgIpc) is 2.85. The molecule has 0 aromatic carbocycles. The predicted molar refractivity (Wildman–Crippen MR) is 56.0 cm³/mol. The number of carboxylic acid groups (broad SMARTS) is 1. The maximum atomic E-state index is 10.2. The number of ether oxygens (including phenoxy) is 1. The van der Waals surface area contributed by atoms with Gasteiger partial charge in [-0.2, -0.15) is 16.7 Å². The average molecular weight is 244 g/mol. The molecule has 1 aliphatic heterocycles. The molecule has 1 atom stereocenters. The fourth-order valence-electron chi connectivity index (χ4n) is 1.46. The molecule has 7 heteroatoms. The first kappa shape index (κ1) is 11.4. The number of nitrogens with zero attached hydrogens (tertiary/aromatic N) is 2. The molecule has 2 heterocycles. The molecule has 1 unspecified atom stereocenters. The van der Waals surface area contributed by atoms with Gasteiger partial charge in [-0.05, 0) is 18.6 Å². The summed E-state index contributed by atoms with van der Waals surface area (Å²) in [5, 5.41) is 12.6. The van der Waals surface area contributed by atoms with Crippen LogP contribution in [0.1, 0.15) is 29.8 Å². The third kappa shape index (κ3) is 2.96. The van der Waals surface area contributed by atoms with Gasteiger partial charge in [0.05, 0.1) is 5.25 Å². The second kappa shape index (κ2) is 5.31. The lowest BCUT2D eigenvalue weighted by Crippen LogP contribution is -2.06. The van der Waals surface area contributed by atoms with Crippen LogP contribution in [0.4, 0.5) is 0 Å². The molecule has 1 aromatic rings. The minimum absolute atomic E-state index is 0.0523. The molecule has 0 bridgehead atoms. The Hall–Kier alpha value is -1.08. The number of carbonyl (C=O) groups is 1. The molecule has 16 heavy (non-hydrogen) atoms. The molecule has 0 radical (unpaired) electrons. The number of hydrogen-bond donors (Lipinski definition) is 1. The summed E-state index contributed by atoms with van der Waals surface area (Å²) >= 11 is 1.82. The van der Waals surface area contributed by atoms with Crippen LogP contribution in [0.15, 0.2) is 4.52 Å². The standard InChI is InChI=1S/C9H12N2O4S/c12-8(13)5-14-4-7-10-9(11-15-7)6-2-1-3-16-6/h6H,1-5H2,(H,12,13). The number of carboxylic acids is 1. The topological polar surface area (TPSA) is 85.5 Å². The summed E-state index contributed by atoms with van der Waals surface area (Å²) in [5.74, 6) is 1.15. The highest BCUT2D eigenvalue weighted by atomic mass is 32.2.